The molecule has 7 nitrogen and oxygen atoms in total. The molecule has 0 unspecified atom stereocenters. The second kappa shape index (κ2) is 9.94. The second-order valence-electron chi connectivity index (χ2n) is 7.17. The van der Waals surface area contributed by atoms with Crippen LogP contribution >= 0.6 is 11.6 Å². The quantitative estimate of drug-likeness (QED) is 0.631. The van der Waals surface area contributed by atoms with Crippen LogP contribution in [-0.2, 0) is 14.3 Å². The number of morpholine rings is 1. The normalized spacial score (nSPS) is 18.0. The van der Waals surface area contributed by atoms with E-state index in [2.05, 4.69) is 30.9 Å². The minimum atomic E-state index is -0.318. The Morgan fingerprint density at radius 1 is 1.15 bits per heavy atom. The summed E-state index contributed by atoms with van der Waals surface area (Å²) in [5.41, 5.74) is 0.852. The third-order valence-electron chi connectivity index (χ3n) is 3.98. The van der Waals surface area contributed by atoms with Crippen LogP contribution < -0.4 is 15.1 Å². The van der Waals surface area contributed by atoms with E-state index in [4.69, 9.17) is 16.3 Å². The number of carbonyl (C=O) groups excluding carboxylic acids is 1. The summed E-state index contributed by atoms with van der Waals surface area (Å²) in [4.78, 5) is 18.6. The summed E-state index contributed by atoms with van der Waals surface area (Å²) in [6, 6.07) is 4.10. The average molecular weight is 385 g/mol. The van der Waals surface area contributed by atoms with Crippen LogP contribution in [0.5, 0.6) is 0 Å². The van der Waals surface area contributed by atoms with Gasteiger partial charge in [-0.15, -0.1) is 0 Å². The number of aromatic nitrogens is 1. The molecule has 0 aliphatic carbocycles. The fourth-order valence-electron chi connectivity index (χ4n) is 2.67. The van der Waals surface area contributed by atoms with Crippen molar-refractivity contribution in [3.05, 3.63) is 17.3 Å². The number of piperazine rings is 1. The van der Waals surface area contributed by atoms with Crippen molar-refractivity contribution in [3.63, 3.8) is 0 Å². The van der Waals surface area contributed by atoms with Gasteiger partial charge in [-0.1, -0.05) is 11.6 Å². The molecule has 3 rings (SSSR count). The zero-order chi connectivity index (χ0) is 19.0. The minimum absolute atomic E-state index is 0.318. The van der Waals surface area contributed by atoms with E-state index >= 15 is 0 Å². The lowest BCUT2D eigenvalue weighted by Crippen LogP contribution is -2.43. The number of carbonyl (C=O) groups is 1. The van der Waals surface area contributed by atoms with Gasteiger partial charge in [-0.3, -0.25) is 4.79 Å². The van der Waals surface area contributed by atoms with Gasteiger partial charge in [0, 0.05) is 51.0 Å². The lowest BCUT2D eigenvalue weighted by Gasteiger charge is -2.32. The third-order valence-corrected chi connectivity index (χ3v) is 4.18. The van der Waals surface area contributed by atoms with E-state index in [1.165, 1.54) is 5.69 Å². The Balaban J connectivity index is 0.000000298. The first-order valence-electron chi connectivity index (χ1n) is 8.96. The Hall–Kier alpha value is -1.57. The largest absolute Gasteiger partial charge is 0.462 e. The molecular formula is C18H29ClN4O3. The van der Waals surface area contributed by atoms with Crippen LogP contribution in [0.15, 0.2) is 12.1 Å². The van der Waals surface area contributed by atoms with Gasteiger partial charge >= 0.3 is 0 Å². The van der Waals surface area contributed by atoms with Crippen molar-refractivity contribution in [2.24, 2.45) is 0 Å². The molecule has 0 amide bonds. The number of nitrogens with one attached hydrogen (secondary N) is 1. The van der Waals surface area contributed by atoms with E-state index in [1.807, 2.05) is 26.8 Å². The molecule has 26 heavy (non-hydrogen) atoms. The highest BCUT2D eigenvalue weighted by atomic mass is 35.5. The summed E-state index contributed by atoms with van der Waals surface area (Å²) >= 11 is 6.18. The minimum Gasteiger partial charge on any atom is -0.462 e. The summed E-state index contributed by atoms with van der Waals surface area (Å²) in [7, 11) is 0. The maximum absolute atomic E-state index is 9.60. The standard InChI is InChI=1S/C13H19ClN4O.C5H10O2/c14-12-9-11(17-3-1-15-2-4-17)10-13(16-12)18-5-7-19-8-6-18;1-5(2,3)7-4-6/h9-10,15H,1-8H2;4H,1-3H3. The molecule has 0 bridgehead atoms. The molecule has 0 spiro atoms. The Kier molecular flexibility index (Phi) is 7.93. The first-order chi connectivity index (χ1) is 12.4. The molecule has 0 radical (unpaired) electrons. The molecule has 2 saturated heterocycles. The number of hydrogen-bond donors (Lipinski definition) is 1. The molecule has 2 fully saturated rings. The molecule has 8 heteroatoms. The van der Waals surface area contributed by atoms with Crippen LogP contribution in [0, 0.1) is 0 Å². The van der Waals surface area contributed by atoms with Crippen LogP contribution in [0.4, 0.5) is 11.5 Å². The monoisotopic (exact) mass is 384 g/mol. The third kappa shape index (κ3) is 6.97. The molecule has 146 valence electrons. The van der Waals surface area contributed by atoms with Gasteiger partial charge in [-0.2, -0.15) is 0 Å². The van der Waals surface area contributed by atoms with Gasteiger partial charge in [0.05, 0.1) is 13.2 Å². The van der Waals surface area contributed by atoms with E-state index in [1.54, 1.807) is 0 Å². The Morgan fingerprint density at radius 3 is 2.35 bits per heavy atom. The average Bonchev–Trinajstić information content (AvgIpc) is 2.62. The molecule has 2 aliphatic rings. The highest BCUT2D eigenvalue weighted by Gasteiger charge is 2.17. The molecule has 0 atom stereocenters. The van der Waals surface area contributed by atoms with Gasteiger partial charge in [-0.25, -0.2) is 4.98 Å². The Labute approximate surface area is 160 Å². The van der Waals surface area contributed by atoms with Gasteiger partial charge in [0.25, 0.3) is 6.47 Å². The van der Waals surface area contributed by atoms with Gasteiger partial charge in [0.15, 0.2) is 0 Å². The van der Waals surface area contributed by atoms with Crippen molar-refractivity contribution < 1.29 is 14.3 Å². The fourth-order valence-corrected chi connectivity index (χ4v) is 2.87. The van der Waals surface area contributed by atoms with E-state index in [9.17, 15) is 4.79 Å². The maximum Gasteiger partial charge on any atom is 0.293 e. The van der Waals surface area contributed by atoms with Crippen molar-refractivity contribution in [2.75, 3.05) is 62.3 Å². The first-order valence-corrected chi connectivity index (χ1v) is 9.34. The summed E-state index contributed by atoms with van der Waals surface area (Å²) in [5.74, 6) is 0.962. The number of anilines is 2. The van der Waals surface area contributed by atoms with E-state index < -0.39 is 0 Å². The molecule has 2 aliphatic heterocycles. The highest BCUT2D eigenvalue weighted by molar-refractivity contribution is 6.29. The van der Waals surface area contributed by atoms with Gasteiger partial charge < -0.3 is 24.6 Å². The zero-order valence-corrected chi connectivity index (χ0v) is 16.6. The second-order valence-corrected chi connectivity index (χ2v) is 7.56. The predicted octanol–water partition coefficient (Wildman–Crippen LogP) is 1.94. The number of halogens is 1. The van der Waals surface area contributed by atoms with E-state index in [-0.39, 0.29) is 5.60 Å². The van der Waals surface area contributed by atoms with Crippen LogP contribution in [0.25, 0.3) is 0 Å². The zero-order valence-electron chi connectivity index (χ0n) is 15.8. The Bertz CT molecular complexity index is 532. The molecule has 0 saturated carbocycles. The number of rotatable bonds is 3. The van der Waals surface area contributed by atoms with Crippen LogP contribution in [0.1, 0.15) is 20.8 Å². The van der Waals surface area contributed by atoms with Gasteiger partial charge in [0.1, 0.15) is 16.6 Å². The maximum atomic E-state index is 9.60. The molecule has 3 heterocycles. The molecular weight excluding hydrogens is 356 g/mol. The lowest BCUT2D eigenvalue weighted by atomic mass is 10.2. The molecule has 0 aromatic carbocycles. The lowest BCUT2D eigenvalue weighted by molar-refractivity contribution is -0.138. The number of hydrogen-bond acceptors (Lipinski definition) is 7. The van der Waals surface area contributed by atoms with Gasteiger partial charge in [-0.05, 0) is 26.8 Å². The molecule has 1 aromatic heterocycles. The topological polar surface area (TPSA) is 66.9 Å². The van der Waals surface area contributed by atoms with Crippen molar-refractivity contribution in [3.8, 4) is 0 Å². The molecule has 1 aromatic rings. The van der Waals surface area contributed by atoms with Crippen molar-refractivity contribution in [1.29, 1.82) is 0 Å². The SMILES string of the molecule is CC(C)(C)OC=O.Clc1cc(N2CCNCC2)cc(N2CCOCC2)n1. The number of pyridine rings is 1. The molecule has 1 N–H and O–H groups in total. The van der Waals surface area contributed by atoms with E-state index in [0.29, 0.717) is 11.6 Å². The number of ether oxygens (including phenoxy) is 2. The van der Waals surface area contributed by atoms with Crippen molar-refractivity contribution in [1.82, 2.24) is 10.3 Å². The van der Waals surface area contributed by atoms with E-state index in [0.717, 1.165) is 58.3 Å². The summed E-state index contributed by atoms with van der Waals surface area (Å²) in [5, 5.41) is 3.93. The van der Waals surface area contributed by atoms with Crippen LogP contribution in [0.3, 0.4) is 0 Å². The van der Waals surface area contributed by atoms with Crippen LogP contribution in [0.2, 0.25) is 5.15 Å². The van der Waals surface area contributed by atoms with Crippen LogP contribution in [-0.4, -0.2) is 69.5 Å². The highest BCUT2D eigenvalue weighted by Crippen LogP contribution is 2.25. The summed E-state index contributed by atoms with van der Waals surface area (Å²) in [6.45, 7) is 13.3. The number of nitrogens with zero attached hydrogens (tertiary/aromatic N) is 3. The first kappa shape index (κ1) is 20.7. The summed E-state index contributed by atoms with van der Waals surface area (Å²) < 4.78 is 9.93. The smallest absolute Gasteiger partial charge is 0.293 e. The fraction of sp³-hybridized carbons (Fsp3) is 0.667. The van der Waals surface area contributed by atoms with Crippen molar-refractivity contribution >= 4 is 29.6 Å². The van der Waals surface area contributed by atoms with Gasteiger partial charge in [0.2, 0.25) is 0 Å². The van der Waals surface area contributed by atoms with Crippen molar-refractivity contribution in [2.45, 2.75) is 26.4 Å². The Morgan fingerprint density at radius 2 is 1.81 bits per heavy atom. The predicted molar refractivity (Wildman–Crippen MR) is 104 cm³/mol. The summed E-state index contributed by atoms with van der Waals surface area (Å²) in [6.07, 6.45) is 0.